The molecule has 0 saturated carbocycles. The Morgan fingerprint density at radius 3 is 2.38 bits per heavy atom. The third-order valence-electron chi connectivity index (χ3n) is 2.55. The summed E-state index contributed by atoms with van der Waals surface area (Å²) in [6.45, 7) is 4.89. The second kappa shape index (κ2) is 7.28. The summed E-state index contributed by atoms with van der Waals surface area (Å²) >= 11 is 0. The first-order valence-corrected chi connectivity index (χ1v) is 6.82. The highest BCUT2D eigenvalue weighted by atomic mass is 16.5. The number of aromatic nitrogens is 3. The summed E-state index contributed by atoms with van der Waals surface area (Å²) in [4.78, 5) is 12.6. The maximum absolute atomic E-state index is 5.56. The minimum atomic E-state index is 0.272. The summed E-state index contributed by atoms with van der Waals surface area (Å²) in [6, 6.07) is 7.88. The van der Waals surface area contributed by atoms with Crippen LogP contribution in [-0.4, -0.2) is 35.2 Å². The fourth-order valence-corrected chi connectivity index (χ4v) is 1.69. The van der Waals surface area contributed by atoms with Gasteiger partial charge in [-0.15, -0.1) is 0 Å². The highest BCUT2D eigenvalue weighted by Gasteiger charge is 2.09. The molecule has 0 radical (unpaired) electrons. The van der Waals surface area contributed by atoms with Crippen LogP contribution < -0.4 is 20.1 Å². The molecule has 0 bridgehead atoms. The Labute approximate surface area is 123 Å². The largest absolute Gasteiger partial charge is 0.492 e. The van der Waals surface area contributed by atoms with Gasteiger partial charge in [0.2, 0.25) is 11.9 Å². The third kappa shape index (κ3) is 3.95. The van der Waals surface area contributed by atoms with E-state index in [1.165, 1.54) is 0 Å². The summed E-state index contributed by atoms with van der Waals surface area (Å²) in [5, 5.41) is 6.00. The molecule has 7 heteroatoms. The molecule has 0 aliphatic rings. The lowest BCUT2D eigenvalue weighted by Gasteiger charge is -2.12. The first-order chi connectivity index (χ1) is 10.3. The van der Waals surface area contributed by atoms with E-state index in [0.717, 1.165) is 11.4 Å². The van der Waals surface area contributed by atoms with Gasteiger partial charge >= 0.3 is 6.01 Å². The number of hydrogen-bond acceptors (Lipinski definition) is 7. The van der Waals surface area contributed by atoms with Gasteiger partial charge < -0.3 is 20.1 Å². The van der Waals surface area contributed by atoms with Crippen LogP contribution in [0.3, 0.4) is 0 Å². The molecule has 112 valence electrons. The van der Waals surface area contributed by atoms with Crippen molar-refractivity contribution >= 4 is 17.6 Å². The maximum atomic E-state index is 5.56. The second-order valence-corrected chi connectivity index (χ2v) is 4.00. The van der Waals surface area contributed by atoms with Crippen LogP contribution in [0.25, 0.3) is 0 Å². The molecule has 2 N–H and O–H groups in total. The molecule has 1 aromatic carbocycles. The predicted molar refractivity (Wildman–Crippen MR) is 81.4 cm³/mol. The summed E-state index contributed by atoms with van der Waals surface area (Å²) in [5.41, 5.74) is 0.787. The number of benzene rings is 1. The van der Waals surface area contributed by atoms with E-state index in [4.69, 9.17) is 9.47 Å². The number of nitrogens with zero attached hydrogens (tertiary/aromatic N) is 3. The molecule has 0 aliphatic heterocycles. The van der Waals surface area contributed by atoms with Crippen molar-refractivity contribution in [3.8, 4) is 11.8 Å². The van der Waals surface area contributed by atoms with Crippen LogP contribution in [0.1, 0.15) is 13.8 Å². The molecular weight excluding hydrogens is 270 g/mol. The van der Waals surface area contributed by atoms with Gasteiger partial charge in [-0.25, -0.2) is 0 Å². The zero-order chi connectivity index (χ0) is 15.1. The second-order valence-electron chi connectivity index (χ2n) is 4.00. The van der Waals surface area contributed by atoms with Gasteiger partial charge in [-0.05, 0) is 26.0 Å². The summed E-state index contributed by atoms with van der Waals surface area (Å²) in [5.74, 6) is 1.57. The Hall–Kier alpha value is -2.57. The molecule has 21 heavy (non-hydrogen) atoms. The maximum Gasteiger partial charge on any atom is 0.323 e. The van der Waals surface area contributed by atoms with Crippen molar-refractivity contribution in [2.75, 3.05) is 30.9 Å². The molecular formula is C14H19N5O2. The first-order valence-electron chi connectivity index (χ1n) is 6.82. The summed E-state index contributed by atoms with van der Waals surface area (Å²) in [7, 11) is 1.74. The van der Waals surface area contributed by atoms with E-state index in [0.29, 0.717) is 25.1 Å². The normalized spacial score (nSPS) is 10.0. The third-order valence-corrected chi connectivity index (χ3v) is 2.55. The van der Waals surface area contributed by atoms with E-state index < -0.39 is 0 Å². The van der Waals surface area contributed by atoms with Crippen LogP contribution in [0, 0.1) is 0 Å². The molecule has 2 rings (SSSR count). The van der Waals surface area contributed by atoms with Crippen molar-refractivity contribution in [1.82, 2.24) is 15.0 Å². The SMILES string of the molecule is CCOc1nc(NC)nc(Nc2ccccc2OCC)n1. The van der Waals surface area contributed by atoms with Gasteiger partial charge in [0.15, 0.2) is 0 Å². The Balaban J connectivity index is 2.28. The Kier molecular flexibility index (Phi) is 5.14. The molecule has 0 unspecified atom stereocenters. The topological polar surface area (TPSA) is 81.2 Å². The number of para-hydroxylation sites is 2. The minimum Gasteiger partial charge on any atom is -0.492 e. The quantitative estimate of drug-likeness (QED) is 0.810. The average molecular weight is 289 g/mol. The molecule has 0 atom stereocenters. The van der Waals surface area contributed by atoms with Crippen molar-refractivity contribution in [3.05, 3.63) is 24.3 Å². The smallest absolute Gasteiger partial charge is 0.323 e. The predicted octanol–water partition coefficient (Wildman–Crippen LogP) is 2.45. The molecule has 0 spiro atoms. The van der Waals surface area contributed by atoms with Crippen LogP contribution in [0.15, 0.2) is 24.3 Å². The zero-order valence-electron chi connectivity index (χ0n) is 12.4. The number of nitrogens with one attached hydrogen (secondary N) is 2. The lowest BCUT2D eigenvalue weighted by Crippen LogP contribution is -2.07. The average Bonchev–Trinajstić information content (AvgIpc) is 2.49. The molecule has 0 amide bonds. The number of hydrogen-bond donors (Lipinski definition) is 2. The summed E-state index contributed by atoms with van der Waals surface area (Å²) in [6.07, 6.45) is 0. The van der Waals surface area contributed by atoms with Gasteiger partial charge in [0.25, 0.3) is 0 Å². The Morgan fingerprint density at radius 1 is 0.952 bits per heavy atom. The molecule has 0 saturated heterocycles. The van der Waals surface area contributed by atoms with Gasteiger partial charge in [0.1, 0.15) is 5.75 Å². The monoisotopic (exact) mass is 289 g/mol. The van der Waals surface area contributed by atoms with Crippen LogP contribution in [0.4, 0.5) is 17.6 Å². The number of rotatable bonds is 7. The molecule has 0 fully saturated rings. The number of anilines is 3. The van der Waals surface area contributed by atoms with E-state index in [9.17, 15) is 0 Å². The van der Waals surface area contributed by atoms with E-state index in [1.54, 1.807) is 7.05 Å². The number of ether oxygens (including phenoxy) is 2. The molecule has 7 nitrogen and oxygen atoms in total. The van der Waals surface area contributed by atoms with Gasteiger partial charge in [0, 0.05) is 7.05 Å². The van der Waals surface area contributed by atoms with Crippen LogP contribution in [-0.2, 0) is 0 Å². The fraction of sp³-hybridized carbons (Fsp3) is 0.357. The van der Waals surface area contributed by atoms with Crippen molar-refractivity contribution in [2.24, 2.45) is 0 Å². The van der Waals surface area contributed by atoms with Crippen molar-refractivity contribution in [2.45, 2.75) is 13.8 Å². The van der Waals surface area contributed by atoms with Crippen LogP contribution in [0.2, 0.25) is 0 Å². The van der Waals surface area contributed by atoms with E-state index >= 15 is 0 Å². The zero-order valence-corrected chi connectivity index (χ0v) is 12.4. The van der Waals surface area contributed by atoms with E-state index in [2.05, 4.69) is 25.6 Å². The summed E-state index contributed by atoms with van der Waals surface area (Å²) < 4.78 is 10.9. The lowest BCUT2D eigenvalue weighted by molar-refractivity contribution is 0.312. The molecule has 1 heterocycles. The Bertz CT molecular complexity index is 591. The molecule has 2 aromatic rings. The molecule has 0 aliphatic carbocycles. The molecule has 1 aromatic heterocycles. The van der Waals surface area contributed by atoms with E-state index in [-0.39, 0.29) is 6.01 Å². The van der Waals surface area contributed by atoms with Crippen molar-refractivity contribution in [1.29, 1.82) is 0 Å². The van der Waals surface area contributed by atoms with Gasteiger partial charge in [-0.3, -0.25) is 0 Å². The van der Waals surface area contributed by atoms with Crippen molar-refractivity contribution in [3.63, 3.8) is 0 Å². The van der Waals surface area contributed by atoms with E-state index in [1.807, 2.05) is 38.1 Å². The Morgan fingerprint density at radius 2 is 1.67 bits per heavy atom. The highest BCUT2D eigenvalue weighted by molar-refractivity contribution is 5.62. The van der Waals surface area contributed by atoms with Crippen molar-refractivity contribution < 1.29 is 9.47 Å². The van der Waals surface area contributed by atoms with Gasteiger partial charge in [-0.2, -0.15) is 15.0 Å². The van der Waals surface area contributed by atoms with Gasteiger partial charge in [0.05, 0.1) is 18.9 Å². The standard InChI is InChI=1S/C14H19N5O2/c1-4-20-11-9-7-6-8-10(11)16-13-17-12(15-3)18-14(19-13)21-5-2/h6-9H,4-5H2,1-3H3,(H2,15,16,17,18,19). The highest BCUT2D eigenvalue weighted by Crippen LogP contribution is 2.26. The van der Waals surface area contributed by atoms with Crippen LogP contribution >= 0.6 is 0 Å². The fourth-order valence-electron chi connectivity index (χ4n) is 1.69. The van der Waals surface area contributed by atoms with Crippen LogP contribution in [0.5, 0.6) is 11.8 Å². The van der Waals surface area contributed by atoms with Gasteiger partial charge in [-0.1, -0.05) is 12.1 Å². The minimum absolute atomic E-state index is 0.272. The lowest BCUT2D eigenvalue weighted by atomic mass is 10.3. The first kappa shape index (κ1) is 14.8.